The van der Waals surface area contributed by atoms with Crippen molar-refractivity contribution in [2.45, 2.75) is 6.92 Å². The zero-order chi connectivity index (χ0) is 13.2. The molecule has 0 aromatic carbocycles. The molecule has 0 aliphatic rings. The second kappa shape index (κ2) is 8.72. The number of rotatable bonds is 9. The van der Waals surface area contributed by atoms with Crippen LogP contribution in [0, 0.1) is 0 Å². The van der Waals surface area contributed by atoms with E-state index < -0.39 is 0 Å². The van der Waals surface area contributed by atoms with E-state index in [1.165, 1.54) is 0 Å². The summed E-state index contributed by atoms with van der Waals surface area (Å²) in [7, 11) is 3.41. The molecular weight excluding hydrogens is 230 g/mol. The standard InChI is InChI=1S/C13H23N3O2/c1-4-14-12-6-5-7-13(15-12)16(8-10-17-2)9-11-18-3/h5-7H,4,8-11H2,1-3H3,(H,14,15). The summed E-state index contributed by atoms with van der Waals surface area (Å²) in [5.74, 6) is 1.84. The lowest BCUT2D eigenvalue weighted by Gasteiger charge is -2.23. The fourth-order valence-corrected chi connectivity index (χ4v) is 1.62. The van der Waals surface area contributed by atoms with Crippen molar-refractivity contribution in [1.82, 2.24) is 4.98 Å². The molecule has 0 bridgehead atoms. The summed E-state index contributed by atoms with van der Waals surface area (Å²) in [6, 6.07) is 5.98. The van der Waals surface area contributed by atoms with Crippen molar-refractivity contribution in [3.05, 3.63) is 18.2 Å². The zero-order valence-electron chi connectivity index (χ0n) is 11.5. The number of nitrogens with zero attached hydrogens (tertiary/aromatic N) is 2. The van der Waals surface area contributed by atoms with Crippen molar-refractivity contribution < 1.29 is 9.47 Å². The van der Waals surface area contributed by atoms with Crippen LogP contribution in [0.2, 0.25) is 0 Å². The molecule has 0 saturated heterocycles. The van der Waals surface area contributed by atoms with Gasteiger partial charge in [-0.15, -0.1) is 0 Å². The summed E-state index contributed by atoms with van der Waals surface area (Å²) in [5, 5.41) is 3.21. The Hall–Kier alpha value is -1.33. The summed E-state index contributed by atoms with van der Waals surface area (Å²) >= 11 is 0. The Kier molecular flexibility index (Phi) is 7.13. The van der Waals surface area contributed by atoms with Gasteiger partial charge in [-0.05, 0) is 19.1 Å². The van der Waals surface area contributed by atoms with Crippen molar-refractivity contribution in [2.24, 2.45) is 0 Å². The summed E-state index contributed by atoms with van der Waals surface area (Å²) < 4.78 is 10.3. The first-order chi connectivity index (χ1) is 8.81. The molecule has 102 valence electrons. The second-order valence-corrected chi connectivity index (χ2v) is 3.88. The highest BCUT2D eigenvalue weighted by atomic mass is 16.5. The van der Waals surface area contributed by atoms with Crippen LogP contribution in [0.15, 0.2) is 18.2 Å². The molecule has 1 heterocycles. The van der Waals surface area contributed by atoms with Crippen LogP contribution in [0.25, 0.3) is 0 Å². The number of hydrogen-bond donors (Lipinski definition) is 1. The topological polar surface area (TPSA) is 46.6 Å². The SMILES string of the molecule is CCNc1cccc(N(CCOC)CCOC)n1. The minimum atomic E-state index is 0.677. The van der Waals surface area contributed by atoms with Crippen molar-refractivity contribution in [3.63, 3.8) is 0 Å². The maximum Gasteiger partial charge on any atom is 0.131 e. The van der Waals surface area contributed by atoms with Crippen LogP contribution >= 0.6 is 0 Å². The molecule has 0 spiro atoms. The van der Waals surface area contributed by atoms with Crippen LogP contribution in [0.1, 0.15) is 6.92 Å². The van der Waals surface area contributed by atoms with Crippen LogP contribution in [-0.2, 0) is 9.47 Å². The first kappa shape index (κ1) is 14.7. The molecule has 0 saturated carbocycles. The Morgan fingerprint density at radius 3 is 2.39 bits per heavy atom. The van der Waals surface area contributed by atoms with E-state index in [1.807, 2.05) is 18.2 Å². The van der Waals surface area contributed by atoms with Crippen LogP contribution in [0.4, 0.5) is 11.6 Å². The van der Waals surface area contributed by atoms with Gasteiger partial charge < -0.3 is 19.7 Å². The summed E-state index contributed by atoms with van der Waals surface area (Å²) in [6.45, 7) is 5.90. The van der Waals surface area contributed by atoms with Crippen LogP contribution in [0.3, 0.4) is 0 Å². The number of nitrogens with one attached hydrogen (secondary N) is 1. The highest BCUT2D eigenvalue weighted by molar-refractivity contribution is 5.47. The van der Waals surface area contributed by atoms with Gasteiger partial charge in [-0.3, -0.25) is 0 Å². The van der Waals surface area contributed by atoms with Crippen molar-refractivity contribution in [2.75, 3.05) is 57.3 Å². The average Bonchev–Trinajstić information content (AvgIpc) is 2.40. The number of aromatic nitrogens is 1. The van der Waals surface area contributed by atoms with Gasteiger partial charge in [0, 0.05) is 33.9 Å². The van der Waals surface area contributed by atoms with E-state index in [0.29, 0.717) is 13.2 Å². The predicted octanol–water partition coefficient (Wildman–Crippen LogP) is 1.61. The number of pyridine rings is 1. The first-order valence-corrected chi connectivity index (χ1v) is 6.25. The molecule has 0 aliphatic carbocycles. The van der Waals surface area contributed by atoms with E-state index in [9.17, 15) is 0 Å². The molecule has 0 fully saturated rings. The monoisotopic (exact) mass is 253 g/mol. The van der Waals surface area contributed by atoms with Gasteiger partial charge in [0.2, 0.25) is 0 Å². The van der Waals surface area contributed by atoms with E-state index in [1.54, 1.807) is 14.2 Å². The molecule has 18 heavy (non-hydrogen) atoms. The Morgan fingerprint density at radius 1 is 1.17 bits per heavy atom. The van der Waals surface area contributed by atoms with Crippen molar-refractivity contribution >= 4 is 11.6 Å². The molecule has 1 aromatic rings. The smallest absolute Gasteiger partial charge is 0.131 e. The molecule has 0 amide bonds. The van der Waals surface area contributed by atoms with E-state index in [4.69, 9.17) is 9.47 Å². The third-order valence-electron chi connectivity index (χ3n) is 2.55. The van der Waals surface area contributed by atoms with Gasteiger partial charge in [0.15, 0.2) is 0 Å². The number of methoxy groups -OCH3 is 2. The minimum Gasteiger partial charge on any atom is -0.383 e. The van der Waals surface area contributed by atoms with Gasteiger partial charge in [0.1, 0.15) is 11.6 Å². The average molecular weight is 253 g/mol. The summed E-state index contributed by atoms with van der Waals surface area (Å²) in [5.41, 5.74) is 0. The Balaban J connectivity index is 2.72. The first-order valence-electron chi connectivity index (χ1n) is 6.25. The largest absolute Gasteiger partial charge is 0.383 e. The molecule has 0 aliphatic heterocycles. The van der Waals surface area contributed by atoms with Gasteiger partial charge in [-0.25, -0.2) is 4.98 Å². The number of ether oxygens (including phenoxy) is 2. The molecule has 0 radical (unpaired) electrons. The molecule has 1 N–H and O–H groups in total. The number of anilines is 2. The normalized spacial score (nSPS) is 10.4. The van der Waals surface area contributed by atoms with Crippen molar-refractivity contribution in [3.8, 4) is 0 Å². The molecule has 0 atom stereocenters. The minimum absolute atomic E-state index is 0.677. The van der Waals surface area contributed by atoms with E-state index in [0.717, 1.165) is 31.3 Å². The lowest BCUT2D eigenvalue weighted by molar-refractivity contribution is 0.190. The predicted molar refractivity (Wildman–Crippen MR) is 74.4 cm³/mol. The van der Waals surface area contributed by atoms with Gasteiger partial charge in [0.25, 0.3) is 0 Å². The fraction of sp³-hybridized carbons (Fsp3) is 0.615. The number of hydrogen-bond acceptors (Lipinski definition) is 5. The fourth-order valence-electron chi connectivity index (χ4n) is 1.62. The lowest BCUT2D eigenvalue weighted by atomic mass is 10.4. The Morgan fingerprint density at radius 2 is 1.83 bits per heavy atom. The van der Waals surface area contributed by atoms with Gasteiger partial charge in [-0.2, -0.15) is 0 Å². The van der Waals surface area contributed by atoms with E-state index in [2.05, 4.69) is 22.1 Å². The third kappa shape index (κ3) is 4.89. The highest BCUT2D eigenvalue weighted by Gasteiger charge is 2.08. The van der Waals surface area contributed by atoms with E-state index in [-0.39, 0.29) is 0 Å². The Labute approximate surface area is 109 Å². The highest BCUT2D eigenvalue weighted by Crippen LogP contribution is 2.13. The summed E-state index contributed by atoms with van der Waals surface area (Å²) in [4.78, 5) is 6.73. The van der Waals surface area contributed by atoms with E-state index >= 15 is 0 Å². The van der Waals surface area contributed by atoms with Gasteiger partial charge >= 0.3 is 0 Å². The Bertz CT molecular complexity index is 326. The summed E-state index contributed by atoms with van der Waals surface area (Å²) in [6.07, 6.45) is 0. The second-order valence-electron chi connectivity index (χ2n) is 3.88. The van der Waals surface area contributed by atoms with Crippen LogP contribution in [0.5, 0.6) is 0 Å². The quantitative estimate of drug-likeness (QED) is 0.724. The lowest BCUT2D eigenvalue weighted by Crippen LogP contribution is -2.31. The molecule has 1 rings (SSSR count). The molecule has 1 aromatic heterocycles. The molecule has 5 nitrogen and oxygen atoms in total. The third-order valence-corrected chi connectivity index (χ3v) is 2.55. The zero-order valence-corrected chi connectivity index (χ0v) is 11.5. The van der Waals surface area contributed by atoms with Crippen molar-refractivity contribution in [1.29, 1.82) is 0 Å². The molecule has 0 unspecified atom stereocenters. The maximum atomic E-state index is 5.13. The van der Waals surface area contributed by atoms with Gasteiger partial charge in [0.05, 0.1) is 13.2 Å². The van der Waals surface area contributed by atoms with Crippen LogP contribution < -0.4 is 10.2 Å². The molecule has 5 heteroatoms. The maximum absolute atomic E-state index is 5.13. The van der Waals surface area contributed by atoms with Gasteiger partial charge in [-0.1, -0.05) is 6.07 Å². The molecular formula is C13H23N3O2. The van der Waals surface area contributed by atoms with Crippen LogP contribution in [-0.4, -0.2) is 52.1 Å².